The van der Waals surface area contributed by atoms with Gasteiger partial charge in [-0.2, -0.15) is 0 Å². The number of benzene rings is 1. The summed E-state index contributed by atoms with van der Waals surface area (Å²) < 4.78 is 10.4. The Balaban J connectivity index is 2.52. The maximum Gasteiger partial charge on any atom is 0.338 e. The second-order valence-corrected chi connectivity index (χ2v) is 3.99. The lowest BCUT2D eigenvalue weighted by Crippen LogP contribution is -2.11. The van der Waals surface area contributed by atoms with E-state index in [-0.39, 0.29) is 12.1 Å². The highest BCUT2D eigenvalue weighted by molar-refractivity contribution is 5.89. The Morgan fingerprint density at radius 2 is 1.94 bits per heavy atom. The Morgan fingerprint density at radius 1 is 1.29 bits per heavy atom. The summed E-state index contributed by atoms with van der Waals surface area (Å²) in [7, 11) is 0. The lowest BCUT2D eigenvalue weighted by molar-refractivity contribution is 0.0378. The molecule has 17 heavy (non-hydrogen) atoms. The highest BCUT2D eigenvalue weighted by atomic mass is 16.5. The number of esters is 1. The monoisotopic (exact) mass is 237 g/mol. The van der Waals surface area contributed by atoms with E-state index >= 15 is 0 Å². The Bertz CT molecular complexity index is 346. The van der Waals surface area contributed by atoms with Crippen molar-refractivity contribution in [1.29, 1.82) is 0 Å². The third-order valence-electron chi connectivity index (χ3n) is 2.06. The van der Waals surface area contributed by atoms with E-state index in [1.54, 1.807) is 12.1 Å². The summed E-state index contributed by atoms with van der Waals surface area (Å²) in [5, 5.41) is 0. The Kier molecular flexibility index (Phi) is 5.66. The Morgan fingerprint density at radius 3 is 2.47 bits per heavy atom. The molecule has 0 amide bonds. The van der Waals surface area contributed by atoms with Gasteiger partial charge in [0.25, 0.3) is 0 Å². The summed E-state index contributed by atoms with van der Waals surface area (Å²) in [5.74, 6) is -0.297. The predicted molar refractivity (Wildman–Crippen MR) is 65.7 cm³/mol. The average molecular weight is 237 g/mol. The molecule has 0 saturated carbocycles. The molecule has 1 aromatic carbocycles. The first-order chi connectivity index (χ1) is 8.13. The largest absolute Gasteiger partial charge is 0.459 e. The van der Waals surface area contributed by atoms with Crippen LogP contribution in [0.5, 0.6) is 0 Å². The second kappa shape index (κ2) is 7.04. The van der Waals surface area contributed by atoms with Crippen molar-refractivity contribution < 1.29 is 14.3 Å². The zero-order chi connectivity index (χ0) is 12.7. The highest BCUT2D eigenvalue weighted by Crippen LogP contribution is 2.08. The molecule has 0 aliphatic carbocycles. The quantitative estimate of drug-likeness (QED) is 0.604. The van der Waals surface area contributed by atoms with Gasteiger partial charge in [0, 0.05) is 6.54 Å². The molecular weight excluding hydrogens is 218 g/mol. The molecule has 0 atom stereocenters. The van der Waals surface area contributed by atoms with Crippen LogP contribution in [-0.2, 0) is 16.1 Å². The average Bonchev–Trinajstić information content (AvgIpc) is 2.29. The van der Waals surface area contributed by atoms with Crippen LogP contribution >= 0.6 is 0 Å². The summed E-state index contributed by atoms with van der Waals surface area (Å²) in [5.41, 5.74) is 6.89. The molecule has 0 radical (unpaired) electrons. The van der Waals surface area contributed by atoms with Crippen molar-refractivity contribution in [1.82, 2.24) is 0 Å². The van der Waals surface area contributed by atoms with E-state index in [0.29, 0.717) is 25.3 Å². The van der Waals surface area contributed by atoms with E-state index in [4.69, 9.17) is 15.2 Å². The molecule has 0 saturated heterocycles. The Hall–Kier alpha value is -1.39. The normalized spacial score (nSPS) is 10.6. The highest BCUT2D eigenvalue weighted by Gasteiger charge is 2.08. The fourth-order valence-corrected chi connectivity index (χ4v) is 1.29. The van der Waals surface area contributed by atoms with Crippen molar-refractivity contribution in [2.75, 3.05) is 13.2 Å². The van der Waals surface area contributed by atoms with E-state index in [1.807, 2.05) is 26.0 Å². The molecule has 0 bridgehead atoms. The van der Waals surface area contributed by atoms with Gasteiger partial charge in [0.2, 0.25) is 0 Å². The second-order valence-electron chi connectivity index (χ2n) is 3.99. The zero-order valence-electron chi connectivity index (χ0n) is 10.3. The van der Waals surface area contributed by atoms with Gasteiger partial charge in [0.15, 0.2) is 0 Å². The van der Waals surface area contributed by atoms with Gasteiger partial charge in [0.1, 0.15) is 0 Å². The van der Waals surface area contributed by atoms with E-state index in [2.05, 4.69) is 0 Å². The van der Waals surface area contributed by atoms with E-state index in [0.717, 1.165) is 5.56 Å². The zero-order valence-corrected chi connectivity index (χ0v) is 10.3. The molecule has 0 aromatic heterocycles. The van der Waals surface area contributed by atoms with Gasteiger partial charge >= 0.3 is 5.97 Å². The van der Waals surface area contributed by atoms with Crippen molar-refractivity contribution >= 4 is 5.97 Å². The SMILES string of the molecule is CC(C)OC(=O)c1ccc(COCCN)cc1. The standard InChI is InChI=1S/C13H19NO3/c1-10(2)17-13(15)12-5-3-11(4-6-12)9-16-8-7-14/h3-6,10H,7-9,14H2,1-2H3. The summed E-state index contributed by atoms with van der Waals surface area (Å²) in [6.07, 6.45) is -0.102. The molecule has 1 aromatic rings. The molecule has 0 heterocycles. The van der Waals surface area contributed by atoms with Crippen LogP contribution in [0.25, 0.3) is 0 Å². The molecule has 0 aliphatic rings. The fourth-order valence-electron chi connectivity index (χ4n) is 1.29. The van der Waals surface area contributed by atoms with Gasteiger partial charge < -0.3 is 15.2 Å². The predicted octanol–water partition coefficient (Wildman–Crippen LogP) is 1.73. The molecule has 4 nitrogen and oxygen atoms in total. The maximum absolute atomic E-state index is 11.6. The topological polar surface area (TPSA) is 61.5 Å². The molecule has 2 N–H and O–H groups in total. The van der Waals surface area contributed by atoms with Crippen molar-refractivity contribution in [3.8, 4) is 0 Å². The van der Waals surface area contributed by atoms with Crippen molar-refractivity contribution in [2.45, 2.75) is 26.6 Å². The minimum atomic E-state index is -0.297. The first-order valence-electron chi connectivity index (χ1n) is 5.71. The van der Waals surface area contributed by atoms with E-state index < -0.39 is 0 Å². The first kappa shape index (κ1) is 13.7. The summed E-state index contributed by atoms with van der Waals surface area (Å²) >= 11 is 0. The third kappa shape index (κ3) is 4.97. The number of hydrogen-bond acceptors (Lipinski definition) is 4. The number of hydrogen-bond donors (Lipinski definition) is 1. The summed E-state index contributed by atoms with van der Waals surface area (Å²) in [6, 6.07) is 7.19. The van der Waals surface area contributed by atoms with Crippen LogP contribution in [0.1, 0.15) is 29.8 Å². The van der Waals surface area contributed by atoms with Crippen LogP contribution in [0, 0.1) is 0 Å². The third-order valence-corrected chi connectivity index (χ3v) is 2.06. The van der Waals surface area contributed by atoms with Crippen molar-refractivity contribution in [3.63, 3.8) is 0 Å². The molecule has 94 valence electrons. The van der Waals surface area contributed by atoms with Crippen LogP contribution in [0.2, 0.25) is 0 Å². The van der Waals surface area contributed by atoms with Crippen LogP contribution in [0.4, 0.5) is 0 Å². The molecular formula is C13H19NO3. The van der Waals surface area contributed by atoms with Gasteiger partial charge in [-0.15, -0.1) is 0 Å². The molecule has 1 rings (SSSR count). The number of ether oxygens (including phenoxy) is 2. The molecule has 0 aliphatic heterocycles. The van der Waals surface area contributed by atoms with Crippen molar-refractivity contribution in [2.24, 2.45) is 5.73 Å². The lowest BCUT2D eigenvalue weighted by atomic mass is 10.1. The van der Waals surface area contributed by atoms with Crippen LogP contribution in [0.15, 0.2) is 24.3 Å². The van der Waals surface area contributed by atoms with Gasteiger partial charge in [0.05, 0.1) is 24.9 Å². The summed E-state index contributed by atoms with van der Waals surface area (Å²) in [4.78, 5) is 11.6. The number of rotatable bonds is 6. The molecule has 0 unspecified atom stereocenters. The first-order valence-corrected chi connectivity index (χ1v) is 5.71. The minimum absolute atomic E-state index is 0.102. The van der Waals surface area contributed by atoms with Gasteiger partial charge in [-0.1, -0.05) is 12.1 Å². The van der Waals surface area contributed by atoms with Crippen LogP contribution in [-0.4, -0.2) is 25.2 Å². The van der Waals surface area contributed by atoms with Crippen LogP contribution < -0.4 is 5.73 Å². The van der Waals surface area contributed by atoms with E-state index in [1.165, 1.54) is 0 Å². The van der Waals surface area contributed by atoms with Gasteiger partial charge in [-0.05, 0) is 31.5 Å². The molecule has 0 spiro atoms. The minimum Gasteiger partial charge on any atom is -0.459 e. The number of carbonyl (C=O) groups is 1. The lowest BCUT2D eigenvalue weighted by Gasteiger charge is -2.08. The fraction of sp³-hybridized carbons (Fsp3) is 0.462. The van der Waals surface area contributed by atoms with Crippen molar-refractivity contribution in [3.05, 3.63) is 35.4 Å². The van der Waals surface area contributed by atoms with Gasteiger partial charge in [-0.3, -0.25) is 0 Å². The molecule has 0 fully saturated rings. The number of carbonyl (C=O) groups excluding carboxylic acids is 1. The summed E-state index contributed by atoms with van der Waals surface area (Å²) in [6.45, 7) is 5.21. The van der Waals surface area contributed by atoms with Gasteiger partial charge in [-0.25, -0.2) is 4.79 Å². The Labute approximate surface area is 102 Å². The number of nitrogens with two attached hydrogens (primary N) is 1. The molecule has 4 heteroatoms. The smallest absolute Gasteiger partial charge is 0.338 e. The maximum atomic E-state index is 11.6. The van der Waals surface area contributed by atoms with Crippen LogP contribution in [0.3, 0.4) is 0 Å². The van der Waals surface area contributed by atoms with E-state index in [9.17, 15) is 4.79 Å².